The summed E-state index contributed by atoms with van der Waals surface area (Å²) in [6.07, 6.45) is 0.896. The van der Waals surface area contributed by atoms with Crippen molar-refractivity contribution in [1.29, 1.82) is 5.26 Å². The molecule has 0 aliphatic carbocycles. The Hall–Kier alpha value is -3.83. The van der Waals surface area contributed by atoms with Gasteiger partial charge in [0.1, 0.15) is 10.8 Å². The Kier molecular flexibility index (Phi) is 6.61. The van der Waals surface area contributed by atoms with Crippen LogP contribution in [0.1, 0.15) is 12.5 Å². The van der Waals surface area contributed by atoms with Crippen LogP contribution in [0.3, 0.4) is 0 Å². The molecule has 3 aromatic rings. The van der Waals surface area contributed by atoms with Gasteiger partial charge in [-0.1, -0.05) is 35.9 Å². The molecule has 1 amide bonds. The van der Waals surface area contributed by atoms with Gasteiger partial charge in [-0.25, -0.2) is 0 Å². The van der Waals surface area contributed by atoms with Crippen molar-refractivity contribution in [1.82, 2.24) is 14.7 Å². The summed E-state index contributed by atoms with van der Waals surface area (Å²) < 4.78 is 7.01. The van der Waals surface area contributed by atoms with E-state index in [2.05, 4.69) is 11.2 Å². The number of amides is 1. The van der Waals surface area contributed by atoms with E-state index in [-0.39, 0.29) is 16.5 Å². The smallest absolute Gasteiger partial charge is 0.292 e. The third-order valence-electron chi connectivity index (χ3n) is 5.46. The topological polar surface area (TPSA) is 91.5 Å². The monoisotopic (exact) mass is 463 g/mol. The number of carbonyl (C=O) groups excluding carboxylic acids is 1. The zero-order valence-corrected chi connectivity index (χ0v) is 18.8. The average molecular weight is 464 g/mol. The highest BCUT2D eigenvalue weighted by molar-refractivity contribution is 6.33. The van der Waals surface area contributed by atoms with E-state index in [1.807, 2.05) is 23.1 Å². The highest BCUT2D eigenvalue weighted by atomic mass is 35.5. The Labute approximate surface area is 196 Å². The molecule has 168 valence electrons. The standard InChI is InChI=1S/C24H22ClN5O3/c1-17(33-20-9-5-6-18(14-20)15-26)23(31)29-12-10-28(11-13-29)21-16-27-30(24(32)22(21)25)19-7-3-2-4-8-19/h2-9,14,16-17H,10-13H2,1H3. The van der Waals surface area contributed by atoms with E-state index in [9.17, 15) is 9.59 Å². The number of nitrogens with zero attached hydrogens (tertiary/aromatic N) is 5. The zero-order chi connectivity index (χ0) is 23.4. The molecule has 33 heavy (non-hydrogen) atoms. The SMILES string of the molecule is CC(Oc1cccc(C#N)c1)C(=O)N1CCN(c2cnn(-c3ccccc3)c(=O)c2Cl)CC1. The molecule has 8 nitrogen and oxygen atoms in total. The van der Waals surface area contributed by atoms with Crippen molar-refractivity contribution < 1.29 is 9.53 Å². The number of piperazine rings is 1. The maximum Gasteiger partial charge on any atom is 0.292 e. The van der Waals surface area contributed by atoms with Crippen LogP contribution < -0.4 is 15.2 Å². The maximum atomic E-state index is 12.8. The Morgan fingerprint density at radius 1 is 1.12 bits per heavy atom. The first-order valence-corrected chi connectivity index (χ1v) is 10.9. The van der Waals surface area contributed by atoms with Crippen molar-refractivity contribution >= 4 is 23.2 Å². The maximum absolute atomic E-state index is 12.8. The Morgan fingerprint density at radius 2 is 1.85 bits per heavy atom. The lowest BCUT2D eigenvalue weighted by Crippen LogP contribution is -2.52. The highest BCUT2D eigenvalue weighted by Gasteiger charge is 2.27. The molecule has 0 N–H and O–H groups in total. The fraction of sp³-hybridized carbons (Fsp3) is 0.250. The van der Waals surface area contributed by atoms with Crippen LogP contribution in [0.5, 0.6) is 5.75 Å². The number of hydrogen-bond donors (Lipinski definition) is 0. The molecule has 1 fully saturated rings. The molecule has 1 unspecified atom stereocenters. The number of ether oxygens (including phenoxy) is 1. The zero-order valence-electron chi connectivity index (χ0n) is 18.0. The van der Waals surface area contributed by atoms with E-state index in [4.69, 9.17) is 21.6 Å². The average Bonchev–Trinajstić information content (AvgIpc) is 2.86. The minimum Gasteiger partial charge on any atom is -0.481 e. The van der Waals surface area contributed by atoms with Gasteiger partial charge in [0.05, 0.1) is 29.2 Å². The van der Waals surface area contributed by atoms with Gasteiger partial charge in [-0.2, -0.15) is 15.0 Å². The van der Waals surface area contributed by atoms with Crippen LogP contribution >= 0.6 is 11.6 Å². The van der Waals surface area contributed by atoms with Crippen LogP contribution in [0.15, 0.2) is 65.6 Å². The second kappa shape index (κ2) is 9.76. The number of aromatic nitrogens is 2. The third-order valence-corrected chi connectivity index (χ3v) is 5.81. The van der Waals surface area contributed by atoms with E-state index in [1.165, 1.54) is 4.68 Å². The number of anilines is 1. The molecule has 4 rings (SSSR count). The molecule has 1 aliphatic heterocycles. The molecule has 0 saturated carbocycles. The predicted octanol–water partition coefficient (Wildman–Crippen LogP) is 2.87. The van der Waals surface area contributed by atoms with Crippen molar-refractivity contribution in [2.45, 2.75) is 13.0 Å². The molecule has 2 aromatic carbocycles. The lowest BCUT2D eigenvalue weighted by atomic mass is 10.2. The summed E-state index contributed by atoms with van der Waals surface area (Å²) in [5.41, 5.74) is 1.28. The van der Waals surface area contributed by atoms with Gasteiger partial charge in [-0.15, -0.1) is 0 Å². The summed E-state index contributed by atoms with van der Waals surface area (Å²) >= 11 is 6.41. The first-order valence-electron chi connectivity index (χ1n) is 10.5. The van der Waals surface area contributed by atoms with E-state index >= 15 is 0 Å². The number of benzene rings is 2. The van der Waals surface area contributed by atoms with Crippen LogP contribution in [0, 0.1) is 11.3 Å². The molecule has 1 aromatic heterocycles. The van der Waals surface area contributed by atoms with Crippen molar-refractivity contribution in [2.75, 3.05) is 31.1 Å². The summed E-state index contributed by atoms with van der Waals surface area (Å²) in [6, 6.07) is 17.9. The van der Waals surface area contributed by atoms with Gasteiger partial charge in [0.15, 0.2) is 6.10 Å². The van der Waals surface area contributed by atoms with Crippen molar-refractivity contribution in [2.24, 2.45) is 0 Å². The Morgan fingerprint density at radius 3 is 2.55 bits per heavy atom. The van der Waals surface area contributed by atoms with Crippen molar-refractivity contribution in [3.8, 4) is 17.5 Å². The number of para-hydroxylation sites is 1. The number of rotatable bonds is 5. The van der Waals surface area contributed by atoms with Crippen LogP contribution in [-0.2, 0) is 4.79 Å². The minimum atomic E-state index is -0.689. The largest absolute Gasteiger partial charge is 0.481 e. The third kappa shape index (κ3) is 4.83. The van der Waals surface area contributed by atoms with Gasteiger partial charge in [0, 0.05) is 26.2 Å². The molecule has 0 radical (unpaired) electrons. The normalized spacial score (nSPS) is 14.5. The van der Waals surface area contributed by atoms with Crippen LogP contribution in [0.25, 0.3) is 5.69 Å². The summed E-state index contributed by atoms with van der Waals surface area (Å²) in [7, 11) is 0. The van der Waals surface area contributed by atoms with Crippen molar-refractivity contribution in [3.63, 3.8) is 0 Å². The molecule has 2 heterocycles. The van der Waals surface area contributed by atoms with Crippen LogP contribution in [0.4, 0.5) is 5.69 Å². The van der Waals surface area contributed by atoms with Gasteiger partial charge in [0.25, 0.3) is 11.5 Å². The van der Waals surface area contributed by atoms with E-state index in [1.54, 1.807) is 54.4 Å². The summed E-state index contributed by atoms with van der Waals surface area (Å²) in [5.74, 6) is 0.339. The predicted molar refractivity (Wildman–Crippen MR) is 125 cm³/mol. The second-order valence-electron chi connectivity index (χ2n) is 7.61. The van der Waals surface area contributed by atoms with Gasteiger partial charge in [-0.3, -0.25) is 9.59 Å². The van der Waals surface area contributed by atoms with Gasteiger partial charge >= 0.3 is 0 Å². The summed E-state index contributed by atoms with van der Waals surface area (Å²) in [6.45, 7) is 3.64. The molecular formula is C24H22ClN5O3. The second-order valence-corrected chi connectivity index (χ2v) is 7.99. The van der Waals surface area contributed by atoms with E-state index in [0.29, 0.717) is 48.9 Å². The molecule has 0 bridgehead atoms. The van der Waals surface area contributed by atoms with Crippen LogP contribution in [-0.4, -0.2) is 52.9 Å². The number of halogens is 1. The van der Waals surface area contributed by atoms with Crippen molar-refractivity contribution in [3.05, 3.63) is 81.7 Å². The Bertz CT molecular complexity index is 1250. The first kappa shape index (κ1) is 22.4. The minimum absolute atomic E-state index is 0.0997. The van der Waals surface area contributed by atoms with Gasteiger partial charge < -0.3 is 14.5 Å². The molecule has 1 saturated heterocycles. The molecule has 1 atom stereocenters. The highest BCUT2D eigenvalue weighted by Crippen LogP contribution is 2.23. The Balaban J connectivity index is 1.40. The fourth-order valence-electron chi connectivity index (χ4n) is 3.72. The summed E-state index contributed by atoms with van der Waals surface area (Å²) in [4.78, 5) is 29.3. The number of hydrogen-bond acceptors (Lipinski definition) is 6. The number of carbonyl (C=O) groups is 1. The van der Waals surface area contributed by atoms with E-state index < -0.39 is 6.10 Å². The molecule has 0 spiro atoms. The molecule has 1 aliphatic rings. The van der Waals surface area contributed by atoms with Crippen LogP contribution in [0.2, 0.25) is 5.02 Å². The molecular weight excluding hydrogens is 442 g/mol. The molecule has 9 heteroatoms. The lowest BCUT2D eigenvalue weighted by Gasteiger charge is -2.37. The quantitative estimate of drug-likeness (QED) is 0.577. The number of nitriles is 1. The van der Waals surface area contributed by atoms with Gasteiger partial charge in [-0.05, 0) is 37.3 Å². The fourth-order valence-corrected chi connectivity index (χ4v) is 3.96. The lowest BCUT2D eigenvalue weighted by molar-refractivity contribution is -0.138. The summed E-state index contributed by atoms with van der Waals surface area (Å²) in [5, 5.41) is 13.4. The van der Waals surface area contributed by atoms with Gasteiger partial charge in [0.2, 0.25) is 0 Å². The first-order chi connectivity index (χ1) is 16.0. The van der Waals surface area contributed by atoms with E-state index in [0.717, 1.165) is 0 Å².